The van der Waals surface area contributed by atoms with Gasteiger partial charge in [0.15, 0.2) is 5.96 Å². The predicted octanol–water partition coefficient (Wildman–Crippen LogP) is 4.65. The van der Waals surface area contributed by atoms with Crippen LogP contribution in [0.3, 0.4) is 0 Å². The molecule has 0 spiro atoms. The van der Waals surface area contributed by atoms with Crippen molar-refractivity contribution in [3.05, 3.63) is 53.1 Å². The van der Waals surface area contributed by atoms with Gasteiger partial charge < -0.3 is 20.5 Å². The average Bonchev–Trinajstić information content (AvgIpc) is 2.57. The molecule has 0 aliphatic carbocycles. The van der Waals surface area contributed by atoms with Crippen LogP contribution in [0.4, 0.5) is 5.69 Å². The summed E-state index contributed by atoms with van der Waals surface area (Å²) in [6.45, 7) is 9.75. The first kappa shape index (κ1) is 22.1. The van der Waals surface area contributed by atoms with Crippen molar-refractivity contribution in [3.63, 3.8) is 0 Å². The zero-order valence-electron chi connectivity index (χ0n) is 15.8. The molecule has 26 heavy (non-hydrogen) atoms. The van der Waals surface area contributed by atoms with E-state index in [1.165, 1.54) is 11.1 Å². The number of rotatable bonds is 7. The number of halogens is 1. The molecule has 0 aliphatic heterocycles. The van der Waals surface area contributed by atoms with E-state index in [4.69, 9.17) is 15.2 Å². The lowest BCUT2D eigenvalue weighted by molar-refractivity contribution is 0.332. The second kappa shape index (κ2) is 10.9. The molecule has 0 aromatic heterocycles. The van der Waals surface area contributed by atoms with E-state index in [1.54, 1.807) is 0 Å². The van der Waals surface area contributed by atoms with E-state index in [-0.39, 0.29) is 24.0 Å². The molecular weight excluding hydrogens is 441 g/mol. The number of guanidine groups is 1. The van der Waals surface area contributed by atoms with Crippen LogP contribution >= 0.6 is 24.0 Å². The molecule has 3 N–H and O–H groups in total. The summed E-state index contributed by atoms with van der Waals surface area (Å²) in [5.41, 5.74) is 10.4. The zero-order valence-corrected chi connectivity index (χ0v) is 18.2. The Bertz CT molecular complexity index is 748. The first-order chi connectivity index (χ1) is 12.0. The molecule has 2 aromatic carbocycles. The van der Waals surface area contributed by atoms with E-state index in [2.05, 4.69) is 42.4 Å². The van der Waals surface area contributed by atoms with Crippen molar-refractivity contribution >= 4 is 35.6 Å². The first-order valence-corrected chi connectivity index (χ1v) is 8.56. The van der Waals surface area contributed by atoms with Gasteiger partial charge in [0.1, 0.15) is 11.5 Å². The van der Waals surface area contributed by atoms with Crippen LogP contribution in [0.5, 0.6) is 11.5 Å². The van der Waals surface area contributed by atoms with Crippen molar-refractivity contribution in [1.82, 2.24) is 0 Å². The fourth-order valence-electron chi connectivity index (χ4n) is 2.52. The zero-order chi connectivity index (χ0) is 18.2. The number of ether oxygens (including phenoxy) is 2. The Balaban J connectivity index is 0.00000338. The molecular formula is C20H28IN3O2. The van der Waals surface area contributed by atoms with Crippen molar-refractivity contribution in [2.75, 3.05) is 18.5 Å². The van der Waals surface area contributed by atoms with Crippen LogP contribution in [-0.4, -0.2) is 19.2 Å². The Hall–Kier alpha value is -1.96. The third kappa shape index (κ3) is 6.40. The number of anilines is 1. The molecule has 5 nitrogen and oxygen atoms in total. The monoisotopic (exact) mass is 469 g/mol. The third-order valence-corrected chi connectivity index (χ3v) is 3.74. The molecule has 0 aliphatic rings. The lowest BCUT2D eigenvalue weighted by atomic mass is 10.1. The van der Waals surface area contributed by atoms with E-state index in [1.807, 2.05) is 32.0 Å². The molecule has 2 rings (SSSR count). The highest BCUT2D eigenvalue weighted by molar-refractivity contribution is 14.0. The van der Waals surface area contributed by atoms with Crippen LogP contribution in [0.1, 0.15) is 30.5 Å². The minimum absolute atomic E-state index is 0. The number of aliphatic imine (C=N–C) groups is 1. The smallest absolute Gasteiger partial charge is 0.193 e. The summed E-state index contributed by atoms with van der Waals surface area (Å²) in [7, 11) is 0. The van der Waals surface area contributed by atoms with Crippen molar-refractivity contribution < 1.29 is 9.47 Å². The molecule has 0 heterocycles. The SMILES string of the molecule is CCOc1ccc(OCC)c(NC(N)=NCc2ccc(C)cc2C)c1.I. The Labute approximate surface area is 173 Å². The van der Waals surface area contributed by atoms with E-state index in [9.17, 15) is 0 Å². The number of benzene rings is 2. The third-order valence-electron chi connectivity index (χ3n) is 3.74. The number of hydrogen-bond acceptors (Lipinski definition) is 3. The highest BCUT2D eigenvalue weighted by Crippen LogP contribution is 2.29. The summed E-state index contributed by atoms with van der Waals surface area (Å²) >= 11 is 0. The average molecular weight is 469 g/mol. The summed E-state index contributed by atoms with van der Waals surface area (Å²) in [4.78, 5) is 4.44. The fourth-order valence-corrected chi connectivity index (χ4v) is 2.52. The fraction of sp³-hybridized carbons (Fsp3) is 0.350. The minimum Gasteiger partial charge on any atom is -0.494 e. The Morgan fingerprint density at radius 3 is 2.42 bits per heavy atom. The summed E-state index contributed by atoms with van der Waals surface area (Å²) in [6, 6.07) is 11.9. The van der Waals surface area contributed by atoms with Gasteiger partial charge in [-0.25, -0.2) is 4.99 Å². The van der Waals surface area contributed by atoms with Crippen LogP contribution < -0.4 is 20.5 Å². The maximum atomic E-state index is 6.07. The molecule has 0 saturated heterocycles. The predicted molar refractivity (Wildman–Crippen MR) is 119 cm³/mol. The molecule has 0 fully saturated rings. The lowest BCUT2D eigenvalue weighted by Gasteiger charge is -2.14. The molecule has 0 atom stereocenters. The van der Waals surface area contributed by atoms with Crippen molar-refractivity contribution in [1.29, 1.82) is 0 Å². The quantitative estimate of drug-likeness (QED) is 0.352. The summed E-state index contributed by atoms with van der Waals surface area (Å²) in [5.74, 6) is 1.82. The number of hydrogen-bond donors (Lipinski definition) is 2. The largest absolute Gasteiger partial charge is 0.494 e. The summed E-state index contributed by atoms with van der Waals surface area (Å²) in [5, 5.41) is 3.12. The Morgan fingerprint density at radius 1 is 1.04 bits per heavy atom. The molecule has 6 heteroatoms. The normalized spacial score (nSPS) is 10.8. The Kier molecular flexibility index (Phi) is 9.26. The van der Waals surface area contributed by atoms with Gasteiger partial charge in [-0.2, -0.15) is 0 Å². The molecule has 0 unspecified atom stereocenters. The highest BCUT2D eigenvalue weighted by Gasteiger charge is 2.07. The van der Waals surface area contributed by atoms with Gasteiger partial charge in [-0.1, -0.05) is 23.8 Å². The van der Waals surface area contributed by atoms with Gasteiger partial charge in [0.25, 0.3) is 0 Å². The van der Waals surface area contributed by atoms with E-state index < -0.39 is 0 Å². The standard InChI is InChI=1S/C20H27N3O2.HI/c1-5-24-17-9-10-19(25-6-2)18(12-17)23-20(21)22-13-16-8-7-14(3)11-15(16)4;/h7-12H,5-6,13H2,1-4H3,(H3,21,22,23);1H. The van der Waals surface area contributed by atoms with Crippen LogP contribution in [0.25, 0.3) is 0 Å². The molecule has 0 radical (unpaired) electrons. The van der Waals surface area contributed by atoms with Crippen molar-refractivity contribution in [2.45, 2.75) is 34.2 Å². The van der Waals surface area contributed by atoms with Crippen molar-refractivity contribution in [3.8, 4) is 11.5 Å². The topological polar surface area (TPSA) is 68.9 Å². The van der Waals surface area contributed by atoms with Gasteiger partial charge in [0, 0.05) is 6.07 Å². The summed E-state index contributed by atoms with van der Waals surface area (Å²) in [6.07, 6.45) is 0. The molecule has 0 amide bonds. The number of nitrogens with two attached hydrogens (primary N) is 1. The van der Waals surface area contributed by atoms with Crippen LogP contribution in [0.15, 0.2) is 41.4 Å². The first-order valence-electron chi connectivity index (χ1n) is 8.56. The molecule has 0 saturated carbocycles. The van der Waals surface area contributed by atoms with Crippen molar-refractivity contribution in [2.24, 2.45) is 10.7 Å². The van der Waals surface area contributed by atoms with Gasteiger partial charge in [0.05, 0.1) is 25.4 Å². The number of aryl methyl sites for hydroxylation is 2. The second-order valence-electron chi connectivity index (χ2n) is 5.78. The van der Waals surface area contributed by atoms with Gasteiger partial charge in [-0.3, -0.25) is 0 Å². The van der Waals surface area contributed by atoms with Gasteiger partial charge in [-0.15, -0.1) is 24.0 Å². The molecule has 2 aromatic rings. The highest BCUT2D eigenvalue weighted by atomic mass is 127. The number of nitrogens with one attached hydrogen (secondary N) is 1. The van der Waals surface area contributed by atoms with Gasteiger partial charge >= 0.3 is 0 Å². The molecule has 142 valence electrons. The number of nitrogens with zero attached hydrogens (tertiary/aromatic N) is 1. The van der Waals surface area contributed by atoms with Gasteiger partial charge in [0.2, 0.25) is 0 Å². The lowest BCUT2D eigenvalue weighted by Crippen LogP contribution is -2.23. The van der Waals surface area contributed by atoms with Crippen LogP contribution in [0, 0.1) is 13.8 Å². The Morgan fingerprint density at radius 2 is 1.77 bits per heavy atom. The van der Waals surface area contributed by atoms with E-state index in [0.29, 0.717) is 25.7 Å². The van der Waals surface area contributed by atoms with E-state index in [0.717, 1.165) is 22.7 Å². The van der Waals surface area contributed by atoms with E-state index >= 15 is 0 Å². The van der Waals surface area contributed by atoms with Crippen LogP contribution in [-0.2, 0) is 6.54 Å². The van der Waals surface area contributed by atoms with Crippen LogP contribution in [0.2, 0.25) is 0 Å². The maximum absolute atomic E-state index is 6.07. The molecule has 0 bridgehead atoms. The van der Waals surface area contributed by atoms with Gasteiger partial charge in [-0.05, 0) is 51.0 Å². The maximum Gasteiger partial charge on any atom is 0.193 e. The summed E-state index contributed by atoms with van der Waals surface area (Å²) < 4.78 is 11.2. The minimum atomic E-state index is 0. The second-order valence-corrected chi connectivity index (χ2v) is 5.78.